The molecule has 0 spiro atoms. The molecule has 3 aromatic rings. The van der Waals surface area contributed by atoms with Crippen molar-refractivity contribution in [3.63, 3.8) is 0 Å². The summed E-state index contributed by atoms with van der Waals surface area (Å²) in [5.41, 5.74) is 3.20. The fraction of sp³-hybridized carbons (Fsp3) is 0.304. The van der Waals surface area contributed by atoms with Crippen LogP contribution in [-0.4, -0.2) is 43.2 Å². The van der Waals surface area contributed by atoms with Gasteiger partial charge in [-0.25, -0.2) is 13.4 Å². The topological polar surface area (TPSA) is 70.6 Å². The summed E-state index contributed by atoms with van der Waals surface area (Å²) in [4.78, 5) is 19.6. The number of carbonyl (C=O) groups is 1. The van der Waals surface area contributed by atoms with Crippen LogP contribution in [0.3, 0.4) is 0 Å². The van der Waals surface area contributed by atoms with E-state index in [4.69, 9.17) is 11.6 Å². The van der Waals surface area contributed by atoms with Crippen LogP contribution in [0.25, 0.3) is 10.6 Å². The van der Waals surface area contributed by atoms with Crippen molar-refractivity contribution in [2.45, 2.75) is 31.6 Å². The first-order valence-electron chi connectivity index (χ1n) is 10.5. The van der Waals surface area contributed by atoms with Crippen molar-refractivity contribution in [1.82, 2.24) is 9.29 Å². The summed E-state index contributed by atoms with van der Waals surface area (Å²) in [5.74, 6) is -0.0564. The smallest absolute Gasteiger partial charge is 0.243 e. The van der Waals surface area contributed by atoms with Gasteiger partial charge in [-0.05, 0) is 36.2 Å². The normalized spacial score (nSPS) is 13.6. The number of aromatic nitrogens is 1. The molecule has 0 atom stereocenters. The number of fused-ring (bicyclic) bond motifs is 1. The first-order chi connectivity index (χ1) is 15.3. The zero-order valence-electron chi connectivity index (χ0n) is 17.9. The van der Waals surface area contributed by atoms with Crippen LogP contribution in [0.1, 0.15) is 25.1 Å². The van der Waals surface area contributed by atoms with Crippen LogP contribution in [0.5, 0.6) is 0 Å². The maximum atomic E-state index is 13.0. The number of rotatable bonds is 7. The number of benzene rings is 2. The highest BCUT2D eigenvalue weighted by atomic mass is 35.5. The van der Waals surface area contributed by atoms with E-state index in [0.717, 1.165) is 21.8 Å². The first kappa shape index (κ1) is 22.9. The molecule has 168 valence electrons. The van der Waals surface area contributed by atoms with Gasteiger partial charge in [0.15, 0.2) is 0 Å². The van der Waals surface area contributed by atoms with Gasteiger partial charge in [0, 0.05) is 36.3 Å². The zero-order valence-corrected chi connectivity index (χ0v) is 20.3. The van der Waals surface area contributed by atoms with Crippen molar-refractivity contribution < 1.29 is 13.2 Å². The van der Waals surface area contributed by atoms with Crippen LogP contribution in [0.2, 0.25) is 5.02 Å². The number of thiazole rings is 1. The molecule has 1 aromatic heterocycles. The Bertz CT molecular complexity index is 1250. The van der Waals surface area contributed by atoms with Gasteiger partial charge in [-0.2, -0.15) is 4.31 Å². The molecule has 32 heavy (non-hydrogen) atoms. The third-order valence-corrected chi connectivity index (χ3v) is 8.88. The quantitative estimate of drug-likeness (QED) is 0.485. The number of sulfonamides is 1. The summed E-state index contributed by atoms with van der Waals surface area (Å²) in [7, 11) is -3.53. The van der Waals surface area contributed by atoms with E-state index in [-0.39, 0.29) is 17.2 Å². The molecule has 1 amide bonds. The Morgan fingerprint density at radius 1 is 1.19 bits per heavy atom. The highest BCUT2D eigenvalue weighted by Gasteiger charge is 2.28. The molecule has 0 unspecified atom stereocenters. The van der Waals surface area contributed by atoms with Gasteiger partial charge in [-0.15, -0.1) is 11.3 Å². The van der Waals surface area contributed by atoms with Gasteiger partial charge < -0.3 is 4.90 Å². The van der Waals surface area contributed by atoms with Crippen molar-refractivity contribution >= 4 is 44.6 Å². The van der Waals surface area contributed by atoms with Crippen molar-refractivity contribution in [3.05, 3.63) is 64.1 Å². The van der Waals surface area contributed by atoms with E-state index in [1.54, 1.807) is 23.1 Å². The Balaban J connectivity index is 1.52. The molecule has 0 N–H and O–H groups in total. The van der Waals surface area contributed by atoms with E-state index in [1.165, 1.54) is 15.6 Å². The van der Waals surface area contributed by atoms with Gasteiger partial charge in [0.05, 0.1) is 22.0 Å². The summed E-state index contributed by atoms with van der Waals surface area (Å²) < 4.78 is 27.1. The van der Waals surface area contributed by atoms with Crippen LogP contribution >= 0.6 is 22.9 Å². The molecule has 2 heterocycles. The highest BCUT2D eigenvalue weighted by molar-refractivity contribution is 7.89. The Hall–Kier alpha value is -2.26. The minimum Gasteiger partial charge on any atom is -0.311 e. The van der Waals surface area contributed by atoms with E-state index in [1.807, 2.05) is 43.5 Å². The van der Waals surface area contributed by atoms with Gasteiger partial charge in [0.2, 0.25) is 15.9 Å². The van der Waals surface area contributed by atoms with E-state index >= 15 is 0 Å². The molecule has 0 aliphatic carbocycles. The number of hydrogen-bond donors (Lipinski definition) is 0. The first-order valence-corrected chi connectivity index (χ1v) is 13.2. The summed E-state index contributed by atoms with van der Waals surface area (Å²) in [6, 6.07) is 12.5. The largest absolute Gasteiger partial charge is 0.311 e. The summed E-state index contributed by atoms with van der Waals surface area (Å²) in [6.07, 6.45) is 0.810. The van der Waals surface area contributed by atoms with Crippen molar-refractivity contribution in [2.75, 3.05) is 24.5 Å². The maximum Gasteiger partial charge on any atom is 0.243 e. The average molecular weight is 490 g/mol. The Morgan fingerprint density at radius 2 is 1.94 bits per heavy atom. The molecule has 0 fully saturated rings. The lowest BCUT2D eigenvalue weighted by Gasteiger charge is -2.20. The maximum absolute atomic E-state index is 13.0. The lowest BCUT2D eigenvalue weighted by atomic mass is 10.2. The molecule has 0 saturated heterocycles. The summed E-state index contributed by atoms with van der Waals surface area (Å²) >= 11 is 7.72. The SMILES string of the molecule is CCN(CC)S(=O)(=O)c1ccc2c(c1)CCN2C(=O)Cc1csc(-c2ccccc2Cl)n1. The molecule has 6 nitrogen and oxygen atoms in total. The van der Waals surface area contributed by atoms with Crippen LogP contribution in [0, 0.1) is 0 Å². The van der Waals surface area contributed by atoms with E-state index in [9.17, 15) is 13.2 Å². The fourth-order valence-corrected chi connectivity index (χ4v) is 6.56. The van der Waals surface area contributed by atoms with Gasteiger partial charge in [-0.3, -0.25) is 4.79 Å². The predicted octanol–water partition coefficient (Wildman–Crippen LogP) is 4.63. The molecule has 2 aromatic carbocycles. The summed E-state index contributed by atoms with van der Waals surface area (Å²) in [5, 5.41) is 3.29. The van der Waals surface area contributed by atoms with Crippen molar-refractivity contribution in [2.24, 2.45) is 0 Å². The Morgan fingerprint density at radius 3 is 2.66 bits per heavy atom. The van der Waals surface area contributed by atoms with E-state index < -0.39 is 10.0 Å². The third kappa shape index (κ3) is 4.32. The number of halogens is 1. The van der Waals surface area contributed by atoms with Gasteiger partial charge >= 0.3 is 0 Å². The zero-order chi connectivity index (χ0) is 22.9. The van der Waals surface area contributed by atoms with Gasteiger partial charge in [-0.1, -0.05) is 43.6 Å². The second-order valence-corrected chi connectivity index (χ2v) is 10.7. The Labute approximate surface area is 197 Å². The second kappa shape index (κ2) is 9.31. The molecule has 4 rings (SSSR count). The summed E-state index contributed by atoms with van der Waals surface area (Å²) in [6.45, 7) is 5.02. The lowest BCUT2D eigenvalue weighted by molar-refractivity contribution is -0.117. The molecule has 0 bridgehead atoms. The molecule has 1 aliphatic rings. The van der Waals surface area contributed by atoms with E-state index in [0.29, 0.717) is 36.8 Å². The fourth-order valence-electron chi connectivity index (χ4n) is 3.91. The van der Waals surface area contributed by atoms with E-state index in [2.05, 4.69) is 4.98 Å². The minimum atomic E-state index is -3.53. The molecular formula is C23H24ClN3O3S2. The number of carbonyl (C=O) groups excluding carboxylic acids is 1. The molecule has 9 heteroatoms. The number of amides is 1. The van der Waals surface area contributed by atoms with Crippen LogP contribution in [0.4, 0.5) is 5.69 Å². The lowest BCUT2D eigenvalue weighted by Crippen LogP contribution is -2.31. The van der Waals surface area contributed by atoms with Gasteiger partial charge in [0.1, 0.15) is 5.01 Å². The van der Waals surface area contributed by atoms with Crippen LogP contribution in [-0.2, 0) is 27.7 Å². The molecule has 0 saturated carbocycles. The minimum absolute atomic E-state index is 0.0564. The highest BCUT2D eigenvalue weighted by Crippen LogP contribution is 2.33. The average Bonchev–Trinajstić information content (AvgIpc) is 3.41. The number of hydrogen-bond acceptors (Lipinski definition) is 5. The number of anilines is 1. The van der Waals surface area contributed by atoms with Crippen LogP contribution in [0.15, 0.2) is 52.7 Å². The van der Waals surface area contributed by atoms with Crippen LogP contribution < -0.4 is 4.90 Å². The third-order valence-electron chi connectivity index (χ3n) is 5.58. The Kier molecular flexibility index (Phi) is 6.67. The molecule has 0 radical (unpaired) electrons. The number of nitrogens with zero attached hydrogens (tertiary/aromatic N) is 3. The molecule has 1 aliphatic heterocycles. The second-order valence-electron chi connectivity index (χ2n) is 7.48. The van der Waals surface area contributed by atoms with Gasteiger partial charge in [0.25, 0.3) is 0 Å². The standard InChI is InChI=1S/C23H24ClN3O3S2/c1-3-26(4-2)32(29,30)18-9-10-21-16(13-18)11-12-27(21)22(28)14-17-15-31-23(25-17)19-7-5-6-8-20(19)24/h5-10,13,15H,3-4,11-12,14H2,1-2H3. The van der Waals surface area contributed by atoms with Crippen molar-refractivity contribution in [1.29, 1.82) is 0 Å². The van der Waals surface area contributed by atoms with Crippen molar-refractivity contribution in [3.8, 4) is 10.6 Å². The predicted molar refractivity (Wildman–Crippen MR) is 129 cm³/mol. The monoisotopic (exact) mass is 489 g/mol. The molecular weight excluding hydrogens is 466 g/mol.